The number of hydrogen-bond donors (Lipinski definition) is 1. The monoisotopic (exact) mass is 387 g/mol. The zero-order valence-electron chi connectivity index (χ0n) is 13.1. The number of nitrogens with zero attached hydrogens (tertiary/aromatic N) is 2. The van der Waals surface area contributed by atoms with Crippen LogP contribution in [0.25, 0.3) is 0 Å². The second-order valence-corrected chi connectivity index (χ2v) is 7.85. The van der Waals surface area contributed by atoms with Crippen LogP contribution < -0.4 is 5.32 Å². The highest BCUT2D eigenvalue weighted by molar-refractivity contribution is 7.80. The molecule has 0 spiro atoms. The number of benzene rings is 1. The highest BCUT2D eigenvalue weighted by Crippen LogP contribution is 2.36. The molecule has 3 heterocycles. The Bertz CT molecular complexity index is 886. The molecule has 3 aromatic rings. The molecule has 25 heavy (non-hydrogen) atoms. The maximum atomic E-state index is 13.1. The molecule has 0 amide bonds. The Morgan fingerprint density at radius 2 is 1.88 bits per heavy atom. The lowest BCUT2D eigenvalue weighted by atomic mass is 10.1. The molecule has 1 aliphatic rings. The fourth-order valence-electron chi connectivity index (χ4n) is 2.71. The van der Waals surface area contributed by atoms with E-state index in [0.29, 0.717) is 5.11 Å². The van der Waals surface area contributed by atoms with Crippen molar-refractivity contribution in [3.05, 3.63) is 74.9 Å². The highest BCUT2D eigenvalue weighted by Gasteiger charge is 2.32. The number of hydrazone groups is 1. The summed E-state index contributed by atoms with van der Waals surface area (Å²) in [5, 5.41) is 14.4. The predicted octanol–water partition coefficient (Wildman–Crippen LogP) is 5.50. The Labute approximate surface area is 158 Å². The van der Waals surface area contributed by atoms with Gasteiger partial charge in [-0.05, 0) is 59.4 Å². The van der Waals surface area contributed by atoms with Gasteiger partial charge in [0.05, 0.1) is 16.6 Å². The van der Waals surface area contributed by atoms with E-state index in [1.54, 1.807) is 34.8 Å². The van der Waals surface area contributed by atoms with Crippen LogP contribution in [0.2, 0.25) is 0 Å². The third-order valence-corrected chi connectivity index (χ3v) is 6.07. The Balaban J connectivity index is 1.60. The van der Waals surface area contributed by atoms with Crippen molar-refractivity contribution in [2.75, 3.05) is 5.32 Å². The summed E-state index contributed by atoms with van der Waals surface area (Å²) in [6, 6.07) is 14.5. The van der Waals surface area contributed by atoms with Gasteiger partial charge >= 0.3 is 0 Å². The van der Waals surface area contributed by atoms with E-state index in [1.165, 1.54) is 17.0 Å². The van der Waals surface area contributed by atoms with Gasteiger partial charge in [-0.2, -0.15) is 5.10 Å². The minimum atomic E-state index is -0.271. The first-order valence-electron chi connectivity index (χ1n) is 7.71. The predicted molar refractivity (Wildman–Crippen MR) is 107 cm³/mol. The molecule has 0 aliphatic carbocycles. The van der Waals surface area contributed by atoms with Crippen LogP contribution in [0.15, 0.2) is 64.4 Å². The van der Waals surface area contributed by atoms with Crippen LogP contribution >= 0.6 is 34.9 Å². The zero-order valence-corrected chi connectivity index (χ0v) is 15.5. The topological polar surface area (TPSA) is 27.6 Å². The second kappa shape index (κ2) is 7.03. The van der Waals surface area contributed by atoms with E-state index in [1.807, 2.05) is 17.1 Å². The van der Waals surface area contributed by atoms with Crippen LogP contribution in [-0.2, 0) is 0 Å². The Hall–Kier alpha value is -2.09. The molecule has 0 saturated heterocycles. The minimum Gasteiger partial charge on any atom is -0.331 e. The first-order chi connectivity index (χ1) is 12.2. The lowest BCUT2D eigenvalue weighted by Crippen LogP contribution is -2.30. The van der Waals surface area contributed by atoms with Gasteiger partial charge < -0.3 is 5.32 Å². The molecular formula is C18H14FN3S3. The summed E-state index contributed by atoms with van der Waals surface area (Å²) in [6.07, 6.45) is 0.812. The summed E-state index contributed by atoms with van der Waals surface area (Å²) >= 11 is 8.96. The molecule has 0 bridgehead atoms. The van der Waals surface area contributed by atoms with Crippen molar-refractivity contribution < 1.29 is 4.39 Å². The number of hydrogen-bond acceptors (Lipinski definition) is 4. The molecule has 3 nitrogen and oxygen atoms in total. The average Bonchev–Trinajstić information content (AvgIpc) is 3.36. The molecule has 1 atom stereocenters. The first-order valence-corrected chi connectivity index (χ1v) is 9.88. The smallest absolute Gasteiger partial charge is 0.194 e. The quantitative estimate of drug-likeness (QED) is 0.602. The number of anilines is 1. The van der Waals surface area contributed by atoms with E-state index in [4.69, 9.17) is 17.3 Å². The van der Waals surface area contributed by atoms with E-state index in [0.717, 1.165) is 22.7 Å². The van der Waals surface area contributed by atoms with Gasteiger partial charge in [0.25, 0.3) is 0 Å². The summed E-state index contributed by atoms with van der Waals surface area (Å²) in [6.45, 7) is 0. The Morgan fingerprint density at radius 1 is 1.12 bits per heavy atom. The van der Waals surface area contributed by atoms with Crippen molar-refractivity contribution in [2.24, 2.45) is 5.10 Å². The fourth-order valence-corrected chi connectivity index (χ4v) is 4.52. The van der Waals surface area contributed by atoms with Crippen LogP contribution in [0, 0.1) is 5.82 Å². The second-order valence-electron chi connectivity index (χ2n) is 5.54. The van der Waals surface area contributed by atoms with Gasteiger partial charge in [0, 0.05) is 17.0 Å². The number of nitrogens with one attached hydrogen (secondary N) is 1. The third kappa shape index (κ3) is 3.49. The number of rotatable bonds is 3. The van der Waals surface area contributed by atoms with Gasteiger partial charge in [-0.3, -0.25) is 0 Å². The summed E-state index contributed by atoms with van der Waals surface area (Å²) < 4.78 is 13.1. The van der Waals surface area contributed by atoms with Gasteiger partial charge in [0.1, 0.15) is 5.82 Å². The summed E-state index contributed by atoms with van der Waals surface area (Å²) in [7, 11) is 0. The lowest BCUT2D eigenvalue weighted by molar-refractivity contribution is 0.380. The van der Waals surface area contributed by atoms with Crippen molar-refractivity contribution in [1.82, 2.24) is 5.01 Å². The Kier molecular flexibility index (Phi) is 4.61. The van der Waals surface area contributed by atoms with Crippen LogP contribution in [0.1, 0.15) is 22.2 Å². The summed E-state index contributed by atoms with van der Waals surface area (Å²) in [4.78, 5) is 2.38. The van der Waals surface area contributed by atoms with E-state index < -0.39 is 0 Å². The number of thiocarbonyl (C=S) groups is 1. The number of halogens is 1. The lowest BCUT2D eigenvalue weighted by Gasteiger charge is -2.23. The maximum absolute atomic E-state index is 13.1. The van der Waals surface area contributed by atoms with Crippen molar-refractivity contribution in [3.63, 3.8) is 0 Å². The standard InChI is InChI=1S/C18H14FN3S3/c19-12-5-7-13(8-6-12)20-18(23)22-15(17-4-2-10-25-17)11-14(21-22)16-3-1-9-24-16/h1-10,15H,11H2,(H,20,23). The van der Waals surface area contributed by atoms with E-state index in [2.05, 4.69) is 28.2 Å². The first kappa shape index (κ1) is 16.4. The van der Waals surface area contributed by atoms with Gasteiger partial charge in [-0.15, -0.1) is 22.7 Å². The third-order valence-electron chi connectivity index (χ3n) is 3.89. The van der Waals surface area contributed by atoms with Crippen LogP contribution in [0.3, 0.4) is 0 Å². The molecule has 0 fully saturated rings. The molecule has 1 N–H and O–H groups in total. The fraction of sp³-hybridized carbons (Fsp3) is 0.111. The average molecular weight is 388 g/mol. The SMILES string of the molecule is Fc1ccc(NC(=S)N2N=C(c3cccs3)CC2c2cccs2)cc1. The molecular weight excluding hydrogens is 373 g/mol. The van der Waals surface area contributed by atoms with Crippen molar-refractivity contribution in [1.29, 1.82) is 0 Å². The normalized spacial score (nSPS) is 16.8. The van der Waals surface area contributed by atoms with Gasteiger partial charge in [-0.1, -0.05) is 12.1 Å². The van der Waals surface area contributed by atoms with Gasteiger partial charge in [-0.25, -0.2) is 9.40 Å². The molecule has 0 saturated carbocycles. The van der Waals surface area contributed by atoms with Crippen molar-refractivity contribution in [2.45, 2.75) is 12.5 Å². The molecule has 1 aliphatic heterocycles. The van der Waals surface area contributed by atoms with Gasteiger partial charge in [0.2, 0.25) is 0 Å². The molecule has 2 aromatic heterocycles. The van der Waals surface area contributed by atoms with E-state index in [9.17, 15) is 4.39 Å². The molecule has 7 heteroatoms. The molecule has 0 radical (unpaired) electrons. The molecule has 126 valence electrons. The Morgan fingerprint density at radius 3 is 2.56 bits per heavy atom. The zero-order chi connectivity index (χ0) is 17.2. The van der Waals surface area contributed by atoms with Crippen LogP contribution in [-0.4, -0.2) is 15.8 Å². The van der Waals surface area contributed by atoms with E-state index >= 15 is 0 Å². The van der Waals surface area contributed by atoms with Crippen molar-refractivity contribution in [3.8, 4) is 0 Å². The summed E-state index contributed by atoms with van der Waals surface area (Å²) in [5.74, 6) is -0.271. The molecule has 1 aromatic carbocycles. The van der Waals surface area contributed by atoms with Gasteiger partial charge in [0.15, 0.2) is 5.11 Å². The van der Waals surface area contributed by atoms with Crippen LogP contribution in [0.5, 0.6) is 0 Å². The molecule has 4 rings (SSSR count). The largest absolute Gasteiger partial charge is 0.331 e. The van der Waals surface area contributed by atoms with Crippen LogP contribution in [0.4, 0.5) is 10.1 Å². The summed E-state index contributed by atoms with van der Waals surface area (Å²) in [5.41, 5.74) is 1.78. The minimum absolute atomic E-state index is 0.0811. The number of thiophene rings is 2. The molecule has 1 unspecified atom stereocenters. The maximum Gasteiger partial charge on any atom is 0.194 e. The highest BCUT2D eigenvalue weighted by atomic mass is 32.1. The van der Waals surface area contributed by atoms with Crippen molar-refractivity contribution >= 4 is 51.4 Å². The van der Waals surface area contributed by atoms with E-state index in [-0.39, 0.29) is 11.9 Å².